The average molecular weight is 355 g/mol. The molecule has 4 rings (SSSR count). The number of aromatic nitrogens is 4. The molecule has 0 unspecified atom stereocenters. The highest BCUT2D eigenvalue weighted by atomic mass is 16.5. The maximum Gasteiger partial charge on any atom is 0.308 e. The molecule has 1 atom stereocenters. The van der Waals surface area contributed by atoms with Gasteiger partial charge in [-0.1, -0.05) is 0 Å². The second-order valence-electron chi connectivity index (χ2n) is 7.11. The number of nitrogens with zero attached hydrogens (tertiary/aromatic N) is 4. The van der Waals surface area contributed by atoms with Gasteiger partial charge in [-0.05, 0) is 44.7 Å². The summed E-state index contributed by atoms with van der Waals surface area (Å²) in [6.07, 6.45) is 4.65. The first-order valence-corrected chi connectivity index (χ1v) is 8.77. The molecular formula is C18H21N5O3. The van der Waals surface area contributed by atoms with Gasteiger partial charge in [-0.3, -0.25) is 14.7 Å². The Bertz CT molecular complexity index is 858. The fourth-order valence-corrected chi connectivity index (χ4v) is 3.80. The molecule has 26 heavy (non-hydrogen) atoms. The highest BCUT2D eigenvalue weighted by Crippen LogP contribution is 2.50. The number of ether oxygens (including phenoxy) is 1. The molecule has 1 saturated heterocycles. The van der Waals surface area contributed by atoms with Crippen molar-refractivity contribution in [3.63, 3.8) is 0 Å². The van der Waals surface area contributed by atoms with Crippen LogP contribution in [-0.4, -0.2) is 56.1 Å². The topological polar surface area (TPSA) is 101 Å². The number of carbonyl (C=O) groups excluding carboxylic acids is 2. The molecular weight excluding hydrogens is 334 g/mol. The number of rotatable bonds is 3. The van der Waals surface area contributed by atoms with Crippen molar-refractivity contribution in [3.05, 3.63) is 29.8 Å². The van der Waals surface area contributed by atoms with E-state index in [4.69, 9.17) is 4.74 Å². The Morgan fingerprint density at radius 1 is 1.27 bits per heavy atom. The predicted molar refractivity (Wildman–Crippen MR) is 92.1 cm³/mol. The van der Waals surface area contributed by atoms with E-state index in [1.165, 1.54) is 13.4 Å². The summed E-state index contributed by atoms with van der Waals surface area (Å²) in [6, 6.07) is 3.56. The number of amides is 1. The number of likely N-dealkylation sites (tertiary alicyclic amines) is 1. The summed E-state index contributed by atoms with van der Waals surface area (Å²) in [5.41, 5.74) is 2.38. The number of hydrogen-bond donors (Lipinski definition) is 1. The smallest absolute Gasteiger partial charge is 0.308 e. The van der Waals surface area contributed by atoms with Gasteiger partial charge in [0.25, 0.3) is 5.91 Å². The van der Waals surface area contributed by atoms with E-state index in [2.05, 4.69) is 20.2 Å². The number of nitrogens with one attached hydrogen (secondary N) is 1. The molecule has 1 amide bonds. The first-order valence-electron chi connectivity index (χ1n) is 8.77. The zero-order valence-corrected chi connectivity index (χ0v) is 14.9. The Morgan fingerprint density at radius 3 is 2.77 bits per heavy atom. The highest BCUT2D eigenvalue weighted by molar-refractivity contribution is 5.94. The lowest BCUT2D eigenvalue weighted by Gasteiger charge is -2.39. The lowest BCUT2D eigenvalue weighted by atomic mass is 9.88. The van der Waals surface area contributed by atoms with E-state index >= 15 is 0 Å². The molecule has 2 aromatic rings. The summed E-state index contributed by atoms with van der Waals surface area (Å²) < 4.78 is 4.88. The summed E-state index contributed by atoms with van der Waals surface area (Å²) in [4.78, 5) is 35.1. The minimum atomic E-state index is -0.203. The third-order valence-corrected chi connectivity index (χ3v) is 5.38. The molecule has 3 heterocycles. The Labute approximate surface area is 151 Å². The van der Waals surface area contributed by atoms with Crippen LogP contribution in [0.15, 0.2) is 18.5 Å². The van der Waals surface area contributed by atoms with Gasteiger partial charge in [0, 0.05) is 17.8 Å². The van der Waals surface area contributed by atoms with Crippen molar-refractivity contribution in [3.8, 4) is 11.4 Å². The SMILES string of the molecule is COC(=O)[C@H]1CCN(C(=O)c2cc(-c3cc(C)ncn3)n[nH]2)C2(CC2)C1. The third-order valence-electron chi connectivity index (χ3n) is 5.38. The van der Waals surface area contributed by atoms with E-state index in [-0.39, 0.29) is 23.3 Å². The summed E-state index contributed by atoms with van der Waals surface area (Å²) >= 11 is 0. The fraction of sp³-hybridized carbons (Fsp3) is 0.500. The lowest BCUT2D eigenvalue weighted by Crippen LogP contribution is -2.49. The van der Waals surface area contributed by atoms with E-state index in [0.717, 1.165) is 18.5 Å². The van der Waals surface area contributed by atoms with E-state index in [9.17, 15) is 9.59 Å². The third kappa shape index (κ3) is 2.85. The molecule has 1 saturated carbocycles. The van der Waals surface area contributed by atoms with E-state index in [1.807, 2.05) is 17.9 Å². The molecule has 1 spiro atoms. The molecule has 1 aliphatic heterocycles. The van der Waals surface area contributed by atoms with Crippen LogP contribution in [0.4, 0.5) is 0 Å². The quantitative estimate of drug-likeness (QED) is 0.842. The van der Waals surface area contributed by atoms with Crippen LogP contribution in [0.3, 0.4) is 0 Å². The number of methoxy groups -OCH3 is 1. The second-order valence-corrected chi connectivity index (χ2v) is 7.11. The molecule has 1 N–H and O–H groups in total. The minimum absolute atomic E-state index is 0.0738. The maximum atomic E-state index is 13.0. The second kappa shape index (κ2) is 6.19. The van der Waals surface area contributed by atoms with Crippen molar-refractivity contribution in [1.29, 1.82) is 0 Å². The van der Waals surface area contributed by atoms with E-state index in [1.54, 1.807) is 6.07 Å². The largest absolute Gasteiger partial charge is 0.469 e. The minimum Gasteiger partial charge on any atom is -0.469 e. The first-order chi connectivity index (χ1) is 12.5. The van der Waals surface area contributed by atoms with Gasteiger partial charge in [0.1, 0.15) is 17.7 Å². The van der Waals surface area contributed by atoms with E-state index in [0.29, 0.717) is 36.5 Å². The van der Waals surface area contributed by atoms with Gasteiger partial charge in [-0.2, -0.15) is 5.10 Å². The molecule has 0 radical (unpaired) electrons. The van der Waals surface area contributed by atoms with Crippen molar-refractivity contribution in [2.24, 2.45) is 5.92 Å². The zero-order valence-electron chi connectivity index (χ0n) is 14.9. The van der Waals surface area contributed by atoms with Crippen molar-refractivity contribution >= 4 is 11.9 Å². The van der Waals surface area contributed by atoms with Gasteiger partial charge in [0.2, 0.25) is 0 Å². The summed E-state index contributed by atoms with van der Waals surface area (Å²) in [5, 5.41) is 7.07. The normalized spacial score (nSPS) is 20.8. The summed E-state index contributed by atoms with van der Waals surface area (Å²) in [7, 11) is 1.42. The van der Waals surface area contributed by atoms with Crippen LogP contribution in [0.2, 0.25) is 0 Å². The van der Waals surface area contributed by atoms with Gasteiger partial charge in [0.05, 0.1) is 18.7 Å². The number of H-pyrrole nitrogens is 1. The molecule has 2 aliphatic rings. The Balaban J connectivity index is 1.53. The van der Waals surface area contributed by atoms with Crippen LogP contribution < -0.4 is 0 Å². The number of carbonyl (C=O) groups is 2. The highest BCUT2D eigenvalue weighted by Gasteiger charge is 2.54. The van der Waals surface area contributed by atoms with Gasteiger partial charge in [0.15, 0.2) is 0 Å². The van der Waals surface area contributed by atoms with Gasteiger partial charge in [-0.15, -0.1) is 0 Å². The van der Waals surface area contributed by atoms with E-state index < -0.39 is 0 Å². The monoisotopic (exact) mass is 355 g/mol. The molecule has 8 heteroatoms. The molecule has 1 aliphatic carbocycles. The molecule has 0 aromatic carbocycles. The van der Waals surface area contributed by atoms with Crippen molar-refractivity contribution < 1.29 is 14.3 Å². The van der Waals surface area contributed by atoms with Gasteiger partial charge < -0.3 is 9.64 Å². The predicted octanol–water partition coefficient (Wildman–Crippen LogP) is 1.73. The van der Waals surface area contributed by atoms with Gasteiger partial charge >= 0.3 is 5.97 Å². The van der Waals surface area contributed by atoms with Crippen LogP contribution >= 0.6 is 0 Å². The molecule has 136 valence electrons. The number of piperidine rings is 1. The standard InChI is InChI=1S/C18H21N5O3/c1-11-7-13(20-10-19-11)14-8-15(22-21-14)16(24)23-6-3-12(17(25)26-2)9-18(23)4-5-18/h7-8,10,12H,3-6,9H2,1-2H3,(H,21,22)/t12-/m0/s1. The fourth-order valence-electron chi connectivity index (χ4n) is 3.80. The number of esters is 1. The maximum absolute atomic E-state index is 13.0. The number of hydrogen-bond acceptors (Lipinski definition) is 6. The van der Waals surface area contributed by atoms with Crippen LogP contribution in [0.5, 0.6) is 0 Å². The zero-order chi connectivity index (χ0) is 18.3. The Hall–Kier alpha value is -2.77. The Kier molecular flexibility index (Phi) is 3.97. The van der Waals surface area contributed by atoms with Gasteiger partial charge in [-0.25, -0.2) is 9.97 Å². The summed E-state index contributed by atoms with van der Waals surface area (Å²) in [5.74, 6) is -0.366. The summed E-state index contributed by atoms with van der Waals surface area (Å²) in [6.45, 7) is 2.44. The van der Waals surface area contributed by atoms with Crippen molar-refractivity contribution in [2.45, 2.75) is 38.1 Å². The molecule has 8 nitrogen and oxygen atoms in total. The number of aryl methyl sites for hydroxylation is 1. The van der Waals surface area contributed by atoms with Crippen LogP contribution in [0.1, 0.15) is 41.9 Å². The van der Waals surface area contributed by atoms with Crippen LogP contribution in [-0.2, 0) is 9.53 Å². The van der Waals surface area contributed by atoms with Crippen LogP contribution in [0.25, 0.3) is 11.4 Å². The first kappa shape index (κ1) is 16.7. The Morgan fingerprint density at radius 2 is 2.08 bits per heavy atom. The molecule has 2 fully saturated rings. The van der Waals surface area contributed by atoms with Crippen molar-refractivity contribution in [1.82, 2.24) is 25.1 Å². The average Bonchev–Trinajstić information content (AvgIpc) is 3.22. The lowest BCUT2D eigenvalue weighted by molar-refractivity contribution is -0.147. The molecule has 0 bridgehead atoms. The van der Waals surface area contributed by atoms with Crippen LogP contribution in [0, 0.1) is 12.8 Å². The number of aromatic amines is 1. The van der Waals surface area contributed by atoms with Crippen molar-refractivity contribution in [2.75, 3.05) is 13.7 Å². The molecule has 2 aromatic heterocycles.